The highest BCUT2D eigenvalue weighted by molar-refractivity contribution is 6.32. The second-order valence-electron chi connectivity index (χ2n) is 6.54. The van der Waals surface area contributed by atoms with Crippen molar-refractivity contribution < 1.29 is 9.47 Å². The number of ether oxygens (including phenoxy) is 2. The zero-order valence-electron chi connectivity index (χ0n) is 16.5. The highest BCUT2D eigenvalue weighted by Crippen LogP contribution is 2.37. The van der Waals surface area contributed by atoms with Gasteiger partial charge in [-0.2, -0.15) is 0 Å². The van der Waals surface area contributed by atoms with Crippen LogP contribution in [0.5, 0.6) is 11.5 Å². The molecule has 0 unspecified atom stereocenters. The SMILES string of the molecule is COc1cc(CNCCc2ccc(Cl)cc2)cc(Cl)c1OCc1ccccc1Cl.Cl. The molecule has 7 heteroatoms. The van der Waals surface area contributed by atoms with Gasteiger partial charge in [0.1, 0.15) is 6.61 Å². The summed E-state index contributed by atoms with van der Waals surface area (Å²) in [4.78, 5) is 0. The van der Waals surface area contributed by atoms with E-state index in [1.807, 2.05) is 60.7 Å². The predicted molar refractivity (Wildman–Crippen MR) is 128 cm³/mol. The fourth-order valence-electron chi connectivity index (χ4n) is 2.90. The molecule has 30 heavy (non-hydrogen) atoms. The van der Waals surface area contributed by atoms with Gasteiger partial charge in [-0.15, -0.1) is 12.4 Å². The summed E-state index contributed by atoms with van der Waals surface area (Å²) in [7, 11) is 1.60. The molecular weight excluding hydrogens is 464 g/mol. The van der Waals surface area contributed by atoms with Gasteiger partial charge >= 0.3 is 0 Å². The Morgan fingerprint density at radius 1 is 0.867 bits per heavy atom. The fraction of sp³-hybridized carbons (Fsp3) is 0.217. The van der Waals surface area contributed by atoms with Crippen LogP contribution in [0.4, 0.5) is 0 Å². The van der Waals surface area contributed by atoms with Crippen molar-refractivity contribution in [3.05, 3.63) is 92.4 Å². The summed E-state index contributed by atoms with van der Waals surface area (Å²) in [5, 5.41) is 5.33. The number of benzene rings is 3. The van der Waals surface area contributed by atoms with Crippen molar-refractivity contribution in [3.8, 4) is 11.5 Å². The van der Waals surface area contributed by atoms with E-state index in [2.05, 4.69) is 5.32 Å². The molecule has 0 aliphatic rings. The largest absolute Gasteiger partial charge is 0.493 e. The number of halogens is 4. The fourth-order valence-corrected chi connectivity index (χ4v) is 3.50. The van der Waals surface area contributed by atoms with E-state index in [-0.39, 0.29) is 12.4 Å². The standard InChI is InChI=1S/C23H22Cl3NO2.ClH/c1-28-22-13-17(14-27-11-10-16-6-8-19(24)9-7-16)12-21(26)23(22)29-15-18-4-2-3-5-20(18)25;/h2-9,12-13,27H,10-11,14-15H2,1H3;1H. The molecule has 0 aliphatic carbocycles. The Labute approximate surface area is 198 Å². The molecule has 0 aromatic heterocycles. The quantitative estimate of drug-likeness (QED) is 0.330. The summed E-state index contributed by atoms with van der Waals surface area (Å²) in [6.07, 6.45) is 0.918. The highest BCUT2D eigenvalue weighted by Gasteiger charge is 2.13. The number of rotatable bonds is 9. The maximum atomic E-state index is 6.46. The van der Waals surface area contributed by atoms with Crippen LogP contribution in [0.3, 0.4) is 0 Å². The molecule has 0 atom stereocenters. The molecular formula is C23H23Cl4NO2. The molecule has 0 radical (unpaired) electrons. The molecule has 0 fully saturated rings. The third-order valence-corrected chi connectivity index (χ3v) is 5.35. The van der Waals surface area contributed by atoms with Gasteiger partial charge < -0.3 is 14.8 Å². The second-order valence-corrected chi connectivity index (χ2v) is 7.79. The Bertz CT molecular complexity index is 948. The van der Waals surface area contributed by atoms with Crippen molar-refractivity contribution >= 4 is 47.2 Å². The van der Waals surface area contributed by atoms with Crippen LogP contribution in [-0.4, -0.2) is 13.7 Å². The average molecular weight is 487 g/mol. The van der Waals surface area contributed by atoms with Gasteiger partial charge in [0.15, 0.2) is 11.5 Å². The Morgan fingerprint density at radius 3 is 2.30 bits per heavy atom. The van der Waals surface area contributed by atoms with Crippen LogP contribution in [0.1, 0.15) is 16.7 Å². The topological polar surface area (TPSA) is 30.5 Å². The van der Waals surface area contributed by atoms with Crippen molar-refractivity contribution in [1.82, 2.24) is 5.32 Å². The van der Waals surface area contributed by atoms with Crippen molar-refractivity contribution in [1.29, 1.82) is 0 Å². The number of nitrogens with one attached hydrogen (secondary N) is 1. The molecule has 0 heterocycles. The lowest BCUT2D eigenvalue weighted by molar-refractivity contribution is 0.284. The van der Waals surface area contributed by atoms with E-state index in [4.69, 9.17) is 44.3 Å². The van der Waals surface area contributed by atoms with Crippen molar-refractivity contribution in [2.75, 3.05) is 13.7 Å². The normalized spacial score (nSPS) is 10.4. The van der Waals surface area contributed by atoms with E-state index in [1.54, 1.807) is 7.11 Å². The molecule has 0 bridgehead atoms. The Balaban J connectivity index is 0.00000320. The van der Waals surface area contributed by atoms with Crippen LogP contribution < -0.4 is 14.8 Å². The average Bonchev–Trinajstić information content (AvgIpc) is 2.72. The van der Waals surface area contributed by atoms with E-state index in [0.717, 1.165) is 29.1 Å². The molecule has 3 aromatic rings. The van der Waals surface area contributed by atoms with E-state index < -0.39 is 0 Å². The predicted octanol–water partition coefficient (Wildman–Crippen LogP) is 6.99. The molecule has 3 aromatic carbocycles. The minimum Gasteiger partial charge on any atom is -0.493 e. The first kappa shape index (κ1) is 24.6. The molecule has 1 N–H and O–H groups in total. The Hall–Kier alpha value is -1.62. The van der Waals surface area contributed by atoms with Gasteiger partial charge in [-0.25, -0.2) is 0 Å². The van der Waals surface area contributed by atoms with Gasteiger partial charge in [-0.1, -0.05) is 65.1 Å². The summed E-state index contributed by atoms with van der Waals surface area (Å²) >= 11 is 18.6. The molecule has 0 amide bonds. The van der Waals surface area contributed by atoms with Crippen LogP contribution in [-0.2, 0) is 19.6 Å². The van der Waals surface area contributed by atoms with Crippen LogP contribution in [0.25, 0.3) is 0 Å². The molecule has 0 aliphatic heterocycles. The zero-order valence-corrected chi connectivity index (χ0v) is 19.5. The minimum atomic E-state index is 0. The molecule has 3 nitrogen and oxygen atoms in total. The van der Waals surface area contributed by atoms with Gasteiger partial charge in [0.25, 0.3) is 0 Å². The van der Waals surface area contributed by atoms with Crippen molar-refractivity contribution in [3.63, 3.8) is 0 Å². The smallest absolute Gasteiger partial charge is 0.180 e. The Kier molecular flexibility index (Phi) is 10.1. The van der Waals surface area contributed by atoms with Crippen LogP contribution >= 0.6 is 47.2 Å². The minimum absolute atomic E-state index is 0. The van der Waals surface area contributed by atoms with Gasteiger partial charge in [-0.3, -0.25) is 0 Å². The summed E-state index contributed by atoms with van der Waals surface area (Å²) in [5.41, 5.74) is 3.15. The van der Waals surface area contributed by atoms with Gasteiger partial charge in [0, 0.05) is 22.2 Å². The van der Waals surface area contributed by atoms with Crippen molar-refractivity contribution in [2.45, 2.75) is 19.6 Å². The van der Waals surface area contributed by atoms with E-state index in [1.165, 1.54) is 5.56 Å². The van der Waals surface area contributed by atoms with E-state index in [9.17, 15) is 0 Å². The van der Waals surface area contributed by atoms with Gasteiger partial charge in [0.05, 0.1) is 12.1 Å². The number of methoxy groups -OCH3 is 1. The molecule has 0 saturated heterocycles. The van der Waals surface area contributed by atoms with Gasteiger partial charge in [-0.05, 0) is 54.4 Å². The maximum absolute atomic E-state index is 6.46. The van der Waals surface area contributed by atoms with Crippen LogP contribution in [0.15, 0.2) is 60.7 Å². The first-order valence-electron chi connectivity index (χ1n) is 9.24. The summed E-state index contributed by atoms with van der Waals surface area (Å²) in [6.45, 7) is 1.83. The molecule has 160 valence electrons. The first-order valence-corrected chi connectivity index (χ1v) is 10.4. The second kappa shape index (κ2) is 12.3. The monoisotopic (exact) mass is 485 g/mol. The highest BCUT2D eigenvalue weighted by atomic mass is 35.5. The number of hydrogen-bond donors (Lipinski definition) is 1. The molecule has 3 rings (SSSR count). The summed E-state index contributed by atoms with van der Waals surface area (Å²) < 4.78 is 11.4. The lowest BCUT2D eigenvalue weighted by atomic mass is 10.1. The van der Waals surface area contributed by atoms with Crippen molar-refractivity contribution in [2.24, 2.45) is 0 Å². The van der Waals surface area contributed by atoms with E-state index >= 15 is 0 Å². The lowest BCUT2D eigenvalue weighted by Crippen LogP contribution is -2.16. The molecule has 0 spiro atoms. The van der Waals surface area contributed by atoms with Crippen LogP contribution in [0, 0.1) is 0 Å². The third kappa shape index (κ3) is 6.97. The Morgan fingerprint density at radius 2 is 1.60 bits per heavy atom. The first-order chi connectivity index (χ1) is 14.1. The van der Waals surface area contributed by atoms with E-state index in [0.29, 0.717) is 34.7 Å². The summed E-state index contributed by atoms with van der Waals surface area (Å²) in [5.74, 6) is 1.11. The summed E-state index contributed by atoms with van der Waals surface area (Å²) in [6, 6.07) is 19.3. The maximum Gasteiger partial charge on any atom is 0.180 e. The lowest BCUT2D eigenvalue weighted by Gasteiger charge is -2.15. The van der Waals surface area contributed by atoms with Gasteiger partial charge in [0.2, 0.25) is 0 Å². The third-order valence-electron chi connectivity index (χ3n) is 4.45. The zero-order chi connectivity index (χ0) is 20.6. The molecule has 0 saturated carbocycles. The number of hydrogen-bond acceptors (Lipinski definition) is 3. The van der Waals surface area contributed by atoms with Crippen LogP contribution in [0.2, 0.25) is 15.1 Å².